The molecule has 134 valence electrons. The molecule has 1 aliphatic rings. The van der Waals surface area contributed by atoms with Crippen molar-refractivity contribution in [1.82, 2.24) is 19.8 Å². The van der Waals surface area contributed by atoms with Crippen molar-refractivity contribution < 1.29 is 13.9 Å². The number of benzene rings is 1. The van der Waals surface area contributed by atoms with E-state index in [-0.39, 0.29) is 11.7 Å². The molecule has 2 aromatic rings. The largest absolute Gasteiger partial charge is 0.379 e. The van der Waals surface area contributed by atoms with Crippen molar-refractivity contribution >= 4 is 5.91 Å². The molecule has 0 aliphatic carbocycles. The second-order valence-electron chi connectivity index (χ2n) is 6.04. The van der Waals surface area contributed by atoms with Gasteiger partial charge in [-0.1, -0.05) is 0 Å². The van der Waals surface area contributed by atoms with E-state index < -0.39 is 0 Å². The molecule has 1 amide bonds. The number of ether oxygens (including phenoxy) is 1. The first-order valence-electron chi connectivity index (χ1n) is 8.60. The number of unbranched alkanes of at least 4 members (excludes halogenated alkanes) is 1. The summed E-state index contributed by atoms with van der Waals surface area (Å²) in [5, 5.41) is 2.93. The minimum atomic E-state index is -0.310. The molecular formula is C18H23FN4O2. The van der Waals surface area contributed by atoms with Crippen LogP contribution in [0, 0.1) is 5.82 Å². The van der Waals surface area contributed by atoms with Gasteiger partial charge >= 0.3 is 0 Å². The minimum Gasteiger partial charge on any atom is -0.379 e. The van der Waals surface area contributed by atoms with Gasteiger partial charge in [0, 0.05) is 25.3 Å². The van der Waals surface area contributed by atoms with Crippen molar-refractivity contribution in [2.75, 3.05) is 39.4 Å². The van der Waals surface area contributed by atoms with Gasteiger partial charge in [-0.25, -0.2) is 9.37 Å². The van der Waals surface area contributed by atoms with Gasteiger partial charge in [0.25, 0.3) is 5.91 Å². The van der Waals surface area contributed by atoms with Crippen LogP contribution in [-0.4, -0.2) is 59.8 Å². The molecule has 2 heterocycles. The van der Waals surface area contributed by atoms with E-state index in [1.54, 1.807) is 23.0 Å². The Hall–Kier alpha value is -2.25. The Balaban J connectivity index is 1.45. The zero-order valence-corrected chi connectivity index (χ0v) is 14.2. The Bertz CT molecular complexity index is 681. The average Bonchev–Trinajstić information content (AvgIpc) is 3.12. The van der Waals surface area contributed by atoms with Gasteiger partial charge in [0.15, 0.2) is 0 Å². The maximum atomic E-state index is 13.0. The molecule has 6 nitrogen and oxygen atoms in total. The number of nitrogens with zero attached hydrogens (tertiary/aromatic N) is 3. The zero-order chi connectivity index (χ0) is 17.5. The van der Waals surface area contributed by atoms with Crippen molar-refractivity contribution in [3.05, 3.63) is 48.3 Å². The molecule has 1 aromatic carbocycles. The summed E-state index contributed by atoms with van der Waals surface area (Å²) in [6, 6.07) is 5.97. The quantitative estimate of drug-likeness (QED) is 0.778. The lowest BCUT2D eigenvalue weighted by Gasteiger charge is -2.26. The first-order chi connectivity index (χ1) is 12.2. The molecule has 25 heavy (non-hydrogen) atoms. The fourth-order valence-corrected chi connectivity index (χ4v) is 2.85. The molecule has 0 spiro atoms. The van der Waals surface area contributed by atoms with Gasteiger partial charge in [-0.2, -0.15) is 0 Å². The topological polar surface area (TPSA) is 59.4 Å². The number of halogens is 1. The summed E-state index contributed by atoms with van der Waals surface area (Å²) in [7, 11) is 0. The maximum Gasteiger partial charge on any atom is 0.269 e. The fraction of sp³-hybridized carbons (Fsp3) is 0.444. The highest BCUT2D eigenvalue weighted by Crippen LogP contribution is 2.12. The van der Waals surface area contributed by atoms with Crippen LogP contribution in [-0.2, 0) is 4.74 Å². The smallest absolute Gasteiger partial charge is 0.269 e. The highest BCUT2D eigenvalue weighted by atomic mass is 19.1. The number of aromatic nitrogens is 2. The van der Waals surface area contributed by atoms with E-state index in [2.05, 4.69) is 15.2 Å². The lowest BCUT2D eigenvalue weighted by molar-refractivity contribution is 0.0372. The fourth-order valence-electron chi connectivity index (χ4n) is 2.85. The predicted molar refractivity (Wildman–Crippen MR) is 92.3 cm³/mol. The van der Waals surface area contributed by atoms with Gasteiger partial charge in [-0.15, -0.1) is 0 Å². The summed E-state index contributed by atoms with van der Waals surface area (Å²) in [6.07, 6.45) is 5.04. The molecule has 1 fully saturated rings. The van der Waals surface area contributed by atoms with Crippen molar-refractivity contribution in [3.8, 4) is 5.69 Å². The summed E-state index contributed by atoms with van der Waals surface area (Å²) in [4.78, 5) is 18.8. The molecule has 0 radical (unpaired) electrons. The molecular weight excluding hydrogens is 323 g/mol. The van der Waals surface area contributed by atoms with E-state index in [9.17, 15) is 9.18 Å². The number of rotatable bonds is 7. The molecule has 0 saturated carbocycles. The van der Waals surface area contributed by atoms with Crippen LogP contribution >= 0.6 is 0 Å². The van der Waals surface area contributed by atoms with Crippen LogP contribution in [0.2, 0.25) is 0 Å². The lowest BCUT2D eigenvalue weighted by atomic mass is 10.2. The summed E-state index contributed by atoms with van der Waals surface area (Å²) >= 11 is 0. The van der Waals surface area contributed by atoms with Crippen molar-refractivity contribution in [2.24, 2.45) is 0 Å². The number of hydrogen-bond acceptors (Lipinski definition) is 4. The van der Waals surface area contributed by atoms with Gasteiger partial charge in [0.2, 0.25) is 0 Å². The molecule has 0 bridgehead atoms. The SMILES string of the molecule is O=C(NCCCCN1CCOCC1)c1cncn1-c1ccc(F)cc1. The third kappa shape index (κ3) is 4.87. The third-order valence-electron chi connectivity index (χ3n) is 4.27. The molecule has 1 aliphatic heterocycles. The number of carbonyl (C=O) groups excluding carboxylic acids is 1. The molecule has 1 N–H and O–H groups in total. The van der Waals surface area contributed by atoms with Gasteiger partial charge in [-0.3, -0.25) is 14.3 Å². The van der Waals surface area contributed by atoms with E-state index in [4.69, 9.17) is 4.74 Å². The van der Waals surface area contributed by atoms with E-state index in [1.807, 2.05) is 0 Å². The standard InChI is InChI=1S/C18H23FN4O2/c19-15-3-5-16(6-4-15)23-14-20-13-17(23)18(24)21-7-1-2-8-22-9-11-25-12-10-22/h3-6,13-14H,1-2,7-12H2,(H,21,24). The summed E-state index contributed by atoms with van der Waals surface area (Å²) in [5.41, 5.74) is 1.15. The van der Waals surface area contributed by atoms with Gasteiger partial charge in [0.05, 0.1) is 25.7 Å². The number of carbonyl (C=O) groups is 1. The first-order valence-corrected chi connectivity index (χ1v) is 8.60. The van der Waals surface area contributed by atoms with Crippen LogP contribution in [0.4, 0.5) is 4.39 Å². The Morgan fingerprint density at radius 2 is 1.96 bits per heavy atom. The number of hydrogen-bond donors (Lipinski definition) is 1. The predicted octanol–water partition coefficient (Wildman–Crippen LogP) is 1.85. The highest BCUT2D eigenvalue weighted by Gasteiger charge is 2.13. The monoisotopic (exact) mass is 346 g/mol. The molecule has 1 saturated heterocycles. The van der Waals surface area contributed by atoms with Gasteiger partial charge < -0.3 is 10.1 Å². The van der Waals surface area contributed by atoms with Crippen molar-refractivity contribution in [3.63, 3.8) is 0 Å². The first kappa shape index (κ1) is 17.6. The number of imidazole rings is 1. The molecule has 1 aromatic heterocycles. The van der Waals surface area contributed by atoms with Crippen molar-refractivity contribution in [2.45, 2.75) is 12.8 Å². The Labute approximate surface area is 146 Å². The molecule has 3 rings (SSSR count). The zero-order valence-electron chi connectivity index (χ0n) is 14.2. The van der Waals surface area contributed by atoms with Crippen LogP contribution in [0.1, 0.15) is 23.3 Å². The minimum absolute atomic E-state index is 0.173. The second-order valence-corrected chi connectivity index (χ2v) is 6.04. The van der Waals surface area contributed by atoms with E-state index >= 15 is 0 Å². The molecule has 0 unspecified atom stereocenters. The Morgan fingerprint density at radius 1 is 1.20 bits per heavy atom. The summed E-state index contributed by atoms with van der Waals surface area (Å²) in [5.74, 6) is -0.483. The number of morpholine rings is 1. The van der Waals surface area contributed by atoms with Crippen molar-refractivity contribution in [1.29, 1.82) is 0 Å². The maximum absolute atomic E-state index is 13.0. The lowest BCUT2D eigenvalue weighted by Crippen LogP contribution is -2.37. The number of amides is 1. The molecule has 0 atom stereocenters. The average molecular weight is 346 g/mol. The van der Waals surface area contributed by atoms with E-state index in [1.165, 1.54) is 18.3 Å². The van der Waals surface area contributed by atoms with E-state index in [0.29, 0.717) is 17.9 Å². The number of nitrogens with one attached hydrogen (secondary N) is 1. The van der Waals surface area contributed by atoms with Gasteiger partial charge in [0.1, 0.15) is 11.5 Å². The summed E-state index contributed by atoms with van der Waals surface area (Å²) in [6.45, 7) is 5.26. The second kappa shape index (κ2) is 8.73. The van der Waals surface area contributed by atoms with Crippen LogP contribution < -0.4 is 5.32 Å². The Morgan fingerprint density at radius 3 is 2.72 bits per heavy atom. The van der Waals surface area contributed by atoms with Crippen LogP contribution in [0.5, 0.6) is 0 Å². The van der Waals surface area contributed by atoms with Crippen LogP contribution in [0.25, 0.3) is 5.69 Å². The third-order valence-corrected chi connectivity index (χ3v) is 4.27. The van der Waals surface area contributed by atoms with Gasteiger partial charge in [-0.05, 0) is 43.7 Å². The Kier molecular flexibility index (Phi) is 6.14. The summed E-state index contributed by atoms with van der Waals surface area (Å²) < 4.78 is 20.0. The van der Waals surface area contributed by atoms with E-state index in [0.717, 1.165) is 45.7 Å². The molecule has 7 heteroatoms. The normalized spacial score (nSPS) is 15.2. The highest BCUT2D eigenvalue weighted by molar-refractivity contribution is 5.92. The van der Waals surface area contributed by atoms with Crippen LogP contribution in [0.3, 0.4) is 0 Å². The van der Waals surface area contributed by atoms with Crippen LogP contribution in [0.15, 0.2) is 36.8 Å².